The smallest absolute Gasteiger partial charge is 0.251 e. The van der Waals surface area contributed by atoms with Crippen molar-refractivity contribution in [1.82, 2.24) is 16.0 Å². The first-order valence-corrected chi connectivity index (χ1v) is 9.00. The number of nitrogens with zero attached hydrogens (tertiary/aromatic N) is 1. The maximum absolute atomic E-state index is 13.5. The van der Waals surface area contributed by atoms with Crippen LogP contribution in [0.25, 0.3) is 0 Å². The number of halogens is 2. The van der Waals surface area contributed by atoms with Crippen LogP contribution < -0.4 is 16.0 Å². The van der Waals surface area contributed by atoms with Crippen LogP contribution in [0.4, 0.5) is 4.39 Å². The van der Waals surface area contributed by atoms with Crippen LogP contribution in [0.1, 0.15) is 36.2 Å². The van der Waals surface area contributed by atoms with Gasteiger partial charge in [0.05, 0.1) is 0 Å². The zero-order valence-electron chi connectivity index (χ0n) is 16.6. The highest BCUT2D eigenvalue weighted by Gasteiger charge is 2.07. The van der Waals surface area contributed by atoms with Crippen LogP contribution in [-0.2, 0) is 4.74 Å². The number of guanidine groups is 1. The van der Waals surface area contributed by atoms with Gasteiger partial charge in [-0.05, 0) is 37.0 Å². The monoisotopic (exact) mass is 494 g/mol. The minimum absolute atomic E-state index is 0. The Bertz CT molecular complexity index is 597. The molecule has 0 saturated heterocycles. The van der Waals surface area contributed by atoms with Gasteiger partial charge in [-0.1, -0.05) is 19.9 Å². The highest BCUT2D eigenvalue weighted by Crippen LogP contribution is 2.08. The second-order valence-corrected chi connectivity index (χ2v) is 6.47. The Hall–Kier alpha value is -1.42. The molecule has 154 valence electrons. The molecular weight excluding hydrogens is 462 g/mol. The fourth-order valence-corrected chi connectivity index (χ4v) is 2.11. The number of aryl methyl sites for hydroxylation is 1. The van der Waals surface area contributed by atoms with Gasteiger partial charge in [0.2, 0.25) is 0 Å². The fraction of sp³-hybridized carbons (Fsp3) is 0.579. The Balaban J connectivity index is 0.00000676. The molecular formula is C19H32FIN4O2. The predicted octanol–water partition coefficient (Wildman–Crippen LogP) is 2.71. The van der Waals surface area contributed by atoms with E-state index in [2.05, 4.69) is 34.8 Å². The van der Waals surface area contributed by atoms with Crippen molar-refractivity contribution in [3.05, 3.63) is 35.1 Å². The molecule has 0 aliphatic heterocycles. The summed E-state index contributed by atoms with van der Waals surface area (Å²) in [6.45, 7) is 9.08. The molecule has 0 bridgehead atoms. The molecule has 0 spiro atoms. The normalized spacial score (nSPS) is 11.1. The highest BCUT2D eigenvalue weighted by molar-refractivity contribution is 14.0. The lowest BCUT2D eigenvalue weighted by Crippen LogP contribution is -2.42. The molecule has 1 aromatic rings. The highest BCUT2D eigenvalue weighted by atomic mass is 127. The SMILES string of the molecule is CN=C(NCCCOCC(C)C)NCCNC(=O)c1ccc(C)c(F)c1.I. The van der Waals surface area contributed by atoms with E-state index in [4.69, 9.17) is 4.74 Å². The van der Waals surface area contributed by atoms with Gasteiger partial charge in [-0.15, -0.1) is 24.0 Å². The minimum Gasteiger partial charge on any atom is -0.381 e. The van der Waals surface area contributed by atoms with E-state index in [0.717, 1.165) is 19.6 Å². The number of hydrogen-bond acceptors (Lipinski definition) is 3. The quantitative estimate of drug-likeness (QED) is 0.203. The third kappa shape index (κ3) is 11.1. The first-order chi connectivity index (χ1) is 12.4. The average Bonchev–Trinajstić information content (AvgIpc) is 2.61. The molecule has 3 N–H and O–H groups in total. The Kier molecular flexibility index (Phi) is 13.8. The lowest BCUT2D eigenvalue weighted by molar-refractivity contribution is 0.0954. The lowest BCUT2D eigenvalue weighted by atomic mass is 10.1. The van der Waals surface area contributed by atoms with Crippen LogP contribution >= 0.6 is 24.0 Å². The molecule has 0 fully saturated rings. The minimum atomic E-state index is -0.377. The molecule has 8 heteroatoms. The summed E-state index contributed by atoms with van der Waals surface area (Å²) in [6, 6.07) is 4.46. The third-order valence-electron chi connectivity index (χ3n) is 3.57. The summed E-state index contributed by atoms with van der Waals surface area (Å²) in [7, 11) is 1.69. The summed E-state index contributed by atoms with van der Waals surface area (Å²) in [5, 5.41) is 9.05. The van der Waals surface area contributed by atoms with Crippen molar-refractivity contribution in [2.75, 3.05) is 39.9 Å². The van der Waals surface area contributed by atoms with Crippen molar-refractivity contribution >= 4 is 35.8 Å². The van der Waals surface area contributed by atoms with E-state index in [1.807, 2.05) is 0 Å². The molecule has 0 heterocycles. The maximum Gasteiger partial charge on any atom is 0.251 e. The molecule has 0 aliphatic rings. The Morgan fingerprint density at radius 3 is 2.48 bits per heavy atom. The maximum atomic E-state index is 13.5. The van der Waals surface area contributed by atoms with Gasteiger partial charge < -0.3 is 20.7 Å². The van der Waals surface area contributed by atoms with Gasteiger partial charge in [-0.3, -0.25) is 9.79 Å². The molecule has 0 aliphatic carbocycles. The van der Waals surface area contributed by atoms with Gasteiger partial charge in [0, 0.05) is 45.5 Å². The number of nitrogens with one attached hydrogen (secondary N) is 3. The molecule has 0 saturated carbocycles. The van der Waals surface area contributed by atoms with Gasteiger partial charge in [-0.2, -0.15) is 0 Å². The first kappa shape index (κ1) is 25.6. The van der Waals surface area contributed by atoms with Gasteiger partial charge >= 0.3 is 0 Å². The van der Waals surface area contributed by atoms with Crippen LogP contribution in [0.15, 0.2) is 23.2 Å². The molecule has 0 unspecified atom stereocenters. The largest absolute Gasteiger partial charge is 0.381 e. The summed E-state index contributed by atoms with van der Waals surface area (Å²) in [6.07, 6.45) is 0.892. The molecule has 1 rings (SSSR count). The second kappa shape index (κ2) is 14.6. The summed E-state index contributed by atoms with van der Waals surface area (Å²) in [4.78, 5) is 16.1. The second-order valence-electron chi connectivity index (χ2n) is 6.47. The van der Waals surface area contributed by atoms with Gasteiger partial charge in [0.15, 0.2) is 5.96 Å². The number of aliphatic imine (C=N–C) groups is 1. The van der Waals surface area contributed by atoms with Crippen LogP contribution in [0.2, 0.25) is 0 Å². The number of benzene rings is 1. The van der Waals surface area contributed by atoms with Crippen molar-refractivity contribution in [1.29, 1.82) is 0 Å². The summed E-state index contributed by atoms with van der Waals surface area (Å²) in [5.41, 5.74) is 0.838. The zero-order chi connectivity index (χ0) is 19.4. The van der Waals surface area contributed by atoms with E-state index in [-0.39, 0.29) is 35.7 Å². The first-order valence-electron chi connectivity index (χ1n) is 9.00. The fourth-order valence-electron chi connectivity index (χ4n) is 2.11. The number of hydrogen-bond donors (Lipinski definition) is 3. The summed E-state index contributed by atoms with van der Waals surface area (Å²) in [5.74, 6) is 0.544. The van der Waals surface area contributed by atoms with E-state index >= 15 is 0 Å². The number of ether oxygens (including phenoxy) is 1. The van der Waals surface area contributed by atoms with E-state index in [1.165, 1.54) is 6.07 Å². The van der Waals surface area contributed by atoms with E-state index in [1.54, 1.807) is 26.1 Å². The number of amides is 1. The molecule has 1 aromatic carbocycles. The van der Waals surface area contributed by atoms with Crippen molar-refractivity contribution < 1.29 is 13.9 Å². The van der Waals surface area contributed by atoms with Gasteiger partial charge in [-0.25, -0.2) is 4.39 Å². The Labute approximate surface area is 178 Å². The van der Waals surface area contributed by atoms with E-state index in [9.17, 15) is 9.18 Å². The topological polar surface area (TPSA) is 74.8 Å². The van der Waals surface area contributed by atoms with Crippen LogP contribution in [0.5, 0.6) is 0 Å². The third-order valence-corrected chi connectivity index (χ3v) is 3.57. The summed E-state index contributed by atoms with van der Waals surface area (Å²) < 4.78 is 19.0. The molecule has 1 amide bonds. The van der Waals surface area contributed by atoms with Crippen LogP contribution in [-0.4, -0.2) is 51.8 Å². The van der Waals surface area contributed by atoms with Gasteiger partial charge in [0.1, 0.15) is 5.82 Å². The van der Waals surface area contributed by atoms with E-state index < -0.39 is 0 Å². The standard InChI is InChI=1S/C19H31FN4O2.HI/c1-14(2)13-26-11-5-8-23-19(21-4)24-10-9-22-18(25)16-7-6-15(3)17(20)12-16;/h6-7,12,14H,5,8-11,13H2,1-4H3,(H,22,25)(H2,21,23,24);1H. The number of rotatable bonds is 10. The average molecular weight is 494 g/mol. The van der Waals surface area contributed by atoms with Crippen LogP contribution in [0, 0.1) is 18.7 Å². The Morgan fingerprint density at radius 2 is 1.85 bits per heavy atom. The molecule has 0 atom stereocenters. The summed E-state index contributed by atoms with van der Waals surface area (Å²) >= 11 is 0. The van der Waals surface area contributed by atoms with Gasteiger partial charge in [0.25, 0.3) is 5.91 Å². The molecule has 6 nitrogen and oxygen atoms in total. The van der Waals surface area contributed by atoms with E-state index in [0.29, 0.717) is 42.7 Å². The predicted molar refractivity (Wildman–Crippen MR) is 119 cm³/mol. The molecule has 27 heavy (non-hydrogen) atoms. The zero-order valence-corrected chi connectivity index (χ0v) is 18.9. The number of carbonyl (C=O) groups excluding carboxylic acids is 1. The van der Waals surface area contributed by atoms with Crippen molar-refractivity contribution in [2.45, 2.75) is 27.2 Å². The molecule has 0 aromatic heterocycles. The Morgan fingerprint density at radius 1 is 1.19 bits per heavy atom. The van der Waals surface area contributed by atoms with Crippen molar-refractivity contribution in [3.63, 3.8) is 0 Å². The molecule has 0 radical (unpaired) electrons. The lowest BCUT2D eigenvalue weighted by Gasteiger charge is -2.13. The van der Waals surface area contributed by atoms with Crippen LogP contribution in [0.3, 0.4) is 0 Å². The number of carbonyl (C=O) groups is 1. The van der Waals surface area contributed by atoms with Crippen molar-refractivity contribution in [2.24, 2.45) is 10.9 Å². The van der Waals surface area contributed by atoms with Crippen molar-refractivity contribution in [3.8, 4) is 0 Å².